The zero-order valence-electron chi connectivity index (χ0n) is 29.1. The number of halogens is 1. The number of alkyl halides is 1. The second-order valence-electron chi connectivity index (χ2n) is 12.9. The number of hydrogen-bond acceptors (Lipinski definition) is 6. The van der Waals surface area contributed by atoms with Crippen LogP contribution in [0.5, 0.6) is 0 Å². The lowest BCUT2D eigenvalue weighted by atomic mass is 9.86. The van der Waals surface area contributed by atoms with Crippen LogP contribution >= 0.6 is 0 Å². The van der Waals surface area contributed by atoms with Crippen molar-refractivity contribution in [2.45, 2.75) is 173 Å². The first kappa shape index (κ1) is 38.6. The number of hydrogen-bond donors (Lipinski definition) is 0. The van der Waals surface area contributed by atoms with E-state index < -0.39 is 28.6 Å². The van der Waals surface area contributed by atoms with Crippen molar-refractivity contribution in [2.75, 3.05) is 14.2 Å². The second kappa shape index (κ2) is 18.5. The van der Waals surface area contributed by atoms with Gasteiger partial charge in [0.15, 0.2) is 28.6 Å². The van der Waals surface area contributed by atoms with Gasteiger partial charge in [0.25, 0.3) is 0 Å². The first-order chi connectivity index (χ1) is 20.6. The minimum absolute atomic E-state index is 0.0502. The summed E-state index contributed by atoms with van der Waals surface area (Å²) in [5.74, 6) is -1.96. The molecule has 252 valence electrons. The lowest BCUT2D eigenvalue weighted by molar-refractivity contribution is -0.240. The lowest BCUT2D eigenvalue weighted by Crippen LogP contribution is -2.45. The first-order valence-corrected chi connectivity index (χ1v) is 22.7. The normalized spacial score (nSPS) is 28.5. The van der Waals surface area contributed by atoms with Crippen molar-refractivity contribution in [3.63, 3.8) is 0 Å². The molecule has 0 radical (unpaired) electrons. The minimum atomic E-state index is -1.93. The Morgan fingerprint density at radius 3 is 2.09 bits per heavy atom. The van der Waals surface area contributed by atoms with Crippen molar-refractivity contribution >= 4 is 22.6 Å². The fraction of sp³-hybridized carbons (Fsp3) is 0.912. The van der Waals surface area contributed by atoms with Crippen LogP contribution in [0.3, 0.4) is 0 Å². The number of carbonyl (C=O) groups excluding carboxylic acids is 1. The highest BCUT2D eigenvalue weighted by atomic mass is 28.4. The molecule has 6 nitrogen and oxygen atoms in total. The van der Waals surface area contributed by atoms with E-state index in [1.807, 2.05) is 0 Å². The summed E-state index contributed by atoms with van der Waals surface area (Å²) in [7, 11) is -0.795. The lowest BCUT2D eigenvalue weighted by Gasteiger charge is -2.37. The number of esters is 1. The molecule has 0 N–H and O–H groups in total. The van der Waals surface area contributed by atoms with Crippen LogP contribution in [0.2, 0.25) is 36.3 Å². The largest absolute Gasteiger partial charge is 0.469 e. The fourth-order valence-corrected chi connectivity index (χ4v) is 13.2. The Hall–Kier alpha value is -0.586. The molecule has 0 amide bonds. The highest BCUT2D eigenvalue weighted by molar-refractivity contribution is 6.74. The van der Waals surface area contributed by atoms with E-state index in [4.69, 9.17) is 23.1 Å². The van der Waals surface area contributed by atoms with E-state index in [9.17, 15) is 4.79 Å². The number of fused-ring (bicyclic) bond motifs is 1. The van der Waals surface area contributed by atoms with Gasteiger partial charge in [-0.05, 0) is 61.9 Å². The molecule has 1 heterocycles. The van der Waals surface area contributed by atoms with Gasteiger partial charge >= 0.3 is 5.97 Å². The van der Waals surface area contributed by atoms with Crippen LogP contribution in [0.1, 0.15) is 106 Å². The number of unbranched alkanes of at least 4 members (excludes halogenated alkanes) is 3. The van der Waals surface area contributed by atoms with Gasteiger partial charge in [0.05, 0.1) is 25.4 Å². The standard InChI is InChI=1S/C34H65FO6Si2/c1-10-17-18-21-27(40-42(11-2,12-3)13-4)23-24-28-29(41-43(14-5,15-6)16-7)26-30-32(28)33(35)34(38-9,39-30)25-20-19-22-31(36)37-8/h23-24,27-30,32-33H,10-22,25-26H2,1-9H3/b24-23+/t27-,28?,29+,30-,32+,33-,34+/m0/s1. The average Bonchev–Trinajstić information content (AvgIpc) is 3.51. The van der Waals surface area contributed by atoms with Gasteiger partial charge in [0, 0.05) is 31.8 Å². The summed E-state index contributed by atoms with van der Waals surface area (Å²) in [6.07, 6.45) is 10.1. The molecule has 2 fully saturated rings. The minimum Gasteiger partial charge on any atom is -0.469 e. The van der Waals surface area contributed by atoms with Crippen LogP contribution in [0.4, 0.5) is 4.39 Å². The first-order valence-electron chi connectivity index (χ1n) is 17.6. The zero-order chi connectivity index (χ0) is 32.1. The molecule has 0 aromatic heterocycles. The molecule has 1 saturated carbocycles. The molecule has 1 saturated heterocycles. The van der Waals surface area contributed by atoms with Crippen molar-refractivity contribution in [1.82, 2.24) is 0 Å². The molecular weight excluding hydrogens is 580 g/mol. The molecule has 1 aliphatic heterocycles. The van der Waals surface area contributed by atoms with Crippen molar-refractivity contribution in [3.05, 3.63) is 12.2 Å². The van der Waals surface area contributed by atoms with Gasteiger partial charge in [-0.3, -0.25) is 4.79 Å². The summed E-state index contributed by atoms with van der Waals surface area (Å²) in [5.41, 5.74) is 0. The SMILES string of the molecule is CCCCC[C@@H](/C=C/C1[C@@H]2[C@H](C[C@H]1O[Si](CC)(CC)CC)O[C@@](CCCCC(=O)OC)(OC)[C@H]2F)O[Si](CC)(CC)CC. The zero-order valence-corrected chi connectivity index (χ0v) is 31.1. The van der Waals surface area contributed by atoms with Crippen molar-refractivity contribution < 1.29 is 32.2 Å². The molecule has 9 heteroatoms. The Labute approximate surface area is 265 Å². The second-order valence-corrected chi connectivity index (χ2v) is 22.4. The van der Waals surface area contributed by atoms with Crippen LogP contribution in [-0.2, 0) is 27.9 Å². The highest BCUT2D eigenvalue weighted by Crippen LogP contribution is 2.53. The van der Waals surface area contributed by atoms with E-state index in [1.54, 1.807) is 7.11 Å². The average molecular weight is 645 g/mol. The molecule has 2 rings (SSSR count). The van der Waals surface area contributed by atoms with Crippen LogP contribution in [-0.4, -0.2) is 67.1 Å². The Kier molecular flexibility index (Phi) is 16.6. The smallest absolute Gasteiger partial charge is 0.305 e. The Balaban J connectivity index is 2.39. The number of ether oxygens (including phenoxy) is 3. The van der Waals surface area contributed by atoms with Gasteiger partial charge in [-0.25, -0.2) is 4.39 Å². The van der Waals surface area contributed by atoms with E-state index in [0.29, 0.717) is 32.1 Å². The summed E-state index contributed by atoms with van der Waals surface area (Å²) >= 11 is 0. The van der Waals surface area contributed by atoms with Gasteiger partial charge in [0.1, 0.15) is 0 Å². The van der Waals surface area contributed by atoms with Crippen LogP contribution in [0.25, 0.3) is 0 Å². The molecule has 7 atom stereocenters. The van der Waals surface area contributed by atoms with Gasteiger partial charge in [0.2, 0.25) is 0 Å². The van der Waals surface area contributed by atoms with E-state index in [-0.39, 0.29) is 36.1 Å². The third-order valence-electron chi connectivity index (χ3n) is 10.9. The maximum Gasteiger partial charge on any atom is 0.305 e. The molecule has 1 unspecified atom stereocenters. The predicted molar refractivity (Wildman–Crippen MR) is 179 cm³/mol. The molecule has 2 aliphatic rings. The number of methoxy groups -OCH3 is 2. The topological polar surface area (TPSA) is 63.2 Å². The molecule has 43 heavy (non-hydrogen) atoms. The Bertz CT molecular complexity index is 819. The molecule has 1 aliphatic carbocycles. The molecule has 0 aromatic carbocycles. The molecule has 0 aromatic rings. The quantitative estimate of drug-likeness (QED) is 0.0507. The van der Waals surface area contributed by atoms with Crippen molar-refractivity contribution in [1.29, 1.82) is 0 Å². The van der Waals surface area contributed by atoms with E-state index in [0.717, 1.165) is 49.1 Å². The molecular formula is C34H65FO6Si2. The maximum absolute atomic E-state index is 16.7. The predicted octanol–water partition coefficient (Wildman–Crippen LogP) is 9.35. The highest BCUT2D eigenvalue weighted by Gasteiger charge is 2.63. The number of rotatable bonds is 22. The van der Waals surface area contributed by atoms with Crippen molar-refractivity contribution in [3.8, 4) is 0 Å². The maximum atomic E-state index is 16.7. The molecule has 0 spiro atoms. The Morgan fingerprint density at radius 2 is 1.56 bits per heavy atom. The summed E-state index contributed by atoms with van der Waals surface area (Å²) in [4.78, 5) is 11.6. The van der Waals surface area contributed by atoms with E-state index in [2.05, 4.69) is 60.6 Å². The summed E-state index contributed by atoms with van der Waals surface area (Å²) in [5, 5.41) is 0. The van der Waals surface area contributed by atoms with Crippen LogP contribution in [0.15, 0.2) is 12.2 Å². The Morgan fingerprint density at radius 1 is 0.930 bits per heavy atom. The summed E-state index contributed by atoms with van der Waals surface area (Å²) < 4.78 is 48.0. The van der Waals surface area contributed by atoms with E-state index in [1.165, 1.54) is 20.0 Å². The fourth-order valence-electron chi connectivity index (χ4n) is 7.43. The summed E-state index contributed by atoms with van der Waals surface area (Å²) in [6.45, 7) is 15.8. The van der Waals surface area contributed by atoms with Crippen LogP contribution < -0.4 is 0 Å². The van der Waals surface area contributed by atoms with Gasteiger partial charge in [-0.1, -0.05) is 79.9 Å². The number of carbonyl (C=O) groups is 1. The molecule has 0 bridgehead atoms. The summed E-state index contributed by atoms with van der Waals surface area (Å²) in [6, 6.07) is 6.52. The van der Waals surface area contributed by atoms with Crippen molar-refractivity contribution in [2.24, 2.45) is 11.8 Å². The van der Waals surface area contributed by atoms with Gasteiger partial charge in [-0.2, -0.15) is 0 Å². The van der Waals surface area contributed by atoms with Gasteiger partial charge in [-0.15, -0.1) is 0 Å². The third kappa shape index (κ3) is 9.71. The van der Waals surface area contributed by atoms with E-state index >= 15 is 4.39 Å². The monoisotopic (exact) mass is 644 g/mol. The van der Waals surface area contributed by atoms with Crippen LogP contribution in [0, 0.1) is 11.8 Å². The third-order valence-corrected chi connectivity index (χ3v) is 20.3. The van der Waals surface area contributed by atoms with Gasteiger partial charge < -0.3 is 23.1 Å².